The molecule has 2 aromatic carbocycles. The maximum Gasteiger partial charge on any atom is 0.0379 e. The van der Waals surface area contributed by atoms with E-state index < -0.39 is 0 Å². The molecule has 0 fully saturated rings. The lowest BCUT2D eigenvalue weighted by Gasteiger charge is -1.97. The minimum Gasteiger partial charge on any atom is -0.362 e. The molecule has 0 unspecified atom stereocenters. The lowest BCUT2D eigenvalue weighted by atomic mass is 10.2. The van der Waals surface area contributed by atoms with Crippen molar-refractivity contribution in [2.24, 2.45) is 0 Å². The van der Waals surface area contributed by atoms with Crippen molar-refractivity contribution in [2.75, 3.05) is 5.32 Å². The van der Waals surface area contributed by atoms with Crippen LogP contribution in [0.5, 0.6) is 0 Å². The molecule has 0 aliphatic carbocycles. The van der Waals surface area contributed by atoms with Crippen LogP contribution < -0.4 is 5.32 Å². The van der Waals surface area contributed by atoms with E-state index in [4.69, 9.17) is 0 Å². The van der Waals surface area contributed by atoms with Crippen LogP contribution in [0.4, 0.5) is 5.69 Å². The van der Waals surface area contributed by atoms with E-state index in [0.717, 1.165) is 5.69 Å². The highest BCUT2D eigenvalue weighted by Gasteiger charge is 1.81. The molecule has 0 spiro atoms. The first kappa shape index (κ1) is 12.9. The average Bonchev–Trinajstić information content (AvgIpc) is 2.48. The standard InChI is InChI=1S/C18H17N/c1(5-11-17-12-6-3-7-13-17)2-10-16-19-18-14-8-4-9-15-18/h1-16,19H/b2-1+,11-5+,16-10+. The second kappa shape index (κ2) is 7.72. The van der Waals surface area contributed by atoms with Crippen LogP contribution >= 0.6 is 0 Å². The molecule has 94 valence electrons. The van der Waals surface area contributed by atoms with Gasteiger partial charge in [0, 0.05) is 11.9 Å². The van der Waals surface area contributed by atoms with Gasteiger partial charge in [0.1, 0.15) is 0 Å². The van der Waals surface area contributed by atoms with Crippen molar-refractivity contribution in [1.82, 2.24) is 0 Å². The molecule has 0 atom stereocenters. The Morgan fingerprint density at radius 1 is 0.632 bits per heavy atom. The van der Waals surface area contributed by atoms with Crippen molar-refractivity contribution in [3.8, 4) is 0 Å². The Morgan fingerprint density at radius 3 is 2.00 bits per heavy atom. The quantitative estimate of drug-likeness (QED) is 0.742. The summed E-state index contributed by atoms with van der Waals surface area (Å²) < 4.78 is 0. The SMILES string of the molecule is C(=C\C=C\c1ccccc1)/C=C/Nc1ccccc1. The number of hydrogen-bond donors (Lipinski definition) is 1. The molecule has 0 aliphatic heterocycles. The molecule has 0 bridgehead atoms. The van der Waals surface area contributed by atoms with Crippen LogP contribution in [0, 0.1) is 0 Å². The van der Waals surface area contributed by atoms with Gasteiger partial charge >= 0.3 is 0 Å². The normalized spacial score (nSPS) is 11.6. The van der Waals surface area contributed by atoms with E-state index in [1.54, 1.807) is 0 Å². The molecule has 1 nitrogen and oxygen atoms in total. The third-order valence-corrected chi connectivity index (χ3v) is 2.54. The molecule has 0 aromatic heterocycles. The number of hydrogen-bond acceptors (Lipinski definition) is 1. The van der Waals surface area contributed by atoms with Crippen LogP contribution in [0.1, 0.15) is 5.56 Å². The topological polar surface area (TPSA) is 12.0 Å². The van der Waals surface area contributed by atoms with Gasteiger partial charge in [-0.2, -0.15) is 0 Å². The Balaban J connectivity index is 1.76. The Kier molecular flexibility index (Phi) is 5.24. The molecular formula is C18H17N. The summed E-state index contributed by atoms with van der Waals surface area (Å²) in [7, 11) is 0. The number of anilines is 1. The van der Waals surface area contributed by atoms with Crippen molar-refractivity contribution in [1.29, 1.82) is 0 Å². The summed E-state index contributed by atoms with van der Waals surface area (Å²) in [4.78, 5) is 0. The van der Waals surface area contributed by atoms with Gasteiger partial charge in [0.15, 0.2) is 0 Å². The Morgan fingerprint density at radius 2 is 1.26 bits per heavy atom. The molecule has 0 heterocycles. The predicted octanol–water partition coefficient (Wildman–Crippen LogP) is 4.88. The first-order chi connectivity index (χ1) is 9.45. The van der Waals surface area contributed by atoms with E-state index in [-0.39, 0.29) is 0 Å². The third-order valence-electron chi connectivity index (χ3n) is 2.54. The van der Waals surface area contributed by atoms with E-state index in [1.165, 1.54) is 5.56 Å². The van der Waals surface area contributed by atoms with Gasteiger partial charge in [-0.15, -0.1) is 0 Å². The summed E-state index contributed by atoms with van der Waals surface area (Å²) in [6.07, 6.45) is 12.0. The lowest BCUT2D eigenvalue weighted by molar-refractivity contribution is 1.58. The lowest BCUT2D eigenvalue weighted by Crippen LogP contribution is -1.84. The summed E-state index contributed by atoms with van der Waals surface area (Å²) in [5.74, 6) is 0. The van der Waals surface area contributed by atoms with Crippen LogP contribution in [-0.2, 0) is 0 Å². The fourth-order valence-corrected chi connectivity index (χ4v) is 1.59. The molecule has 1 N–H and O–H groups in total. The van der Waals surface area contributed by atoms with Gasteiger partial charge in [-0.25, -0.2) is 0 Å². The molecule has 0 radical (unpaired) electrons. The van der Waals surface area contributed by atoms with E-state index in [0.29, 0.717) is 0 Å². The zero-order valence-electron chi connectivity index (χ0n) is 10.7. The van der Waals surface area contributed by atoms with Gasteiger partial charge < -0.3 is 5.32 Å². The van der Waals surface area contributed by atoms with Gasteiger partial charge in [-0.1, -0.05) is 72.8 Å². The molecule has 1 heteroatoms. The highest BCUT2D eigenvalue weighted by Crippen LogP contribution is 2.04. The van der Waals surface area contributed by atoms with E-state index in [1.807, 2.05) is 79.0 Å². The van der Waals surface area contributed by atoms with Gasteiger partial charge in [-0.3, -0.25) is 0 Å². The largest absolute Gasteiger partial charge is 0.362 e. The van der Waals surface area contributed by atoms with Gasteiger partial charge in [0.2, 0.25) is 0 Å². The van der Waals surface area contributed by atoms with Crippen LogP contribution in [0.25, 0.3) is 6.08 Å². The van der Waals surface area contributed by atoms with E-state index in [2.05, 4.69) is 23.5 Å². The number of allylic oxidation sites excluding steroid dienone is 4. The minimum atomic E-state index is 1.09. The molecule has 0 saturated carbocycles. The predicted molar refractivity (Wildman–Crippen MR) is 83.8 cm³/mol. The van der Waals surface area contributed by atoms with Crippen molar-refractivity contribution in [3.05, 3.63) is 96.7 Å². The monoisotopic (exact) mass is 247 g/mol. The van der Waals surface area contributed by atoms with Crippen LogP contribution in [0.15, 0.2) is 91.2 Å². The minimum absolute atomic E-state index is 1.09. The highest BCUT2D eigenvalue weighted by molar-refractivity contribution is 5.51. The highest BCUT2D eigenvalue weighted by atomic mass is 14.8. The Hall–Kier alpha value is -2.54. The zero-order chi connectivity index (χ0) is 13.2. The maximum absolute atomic E-state index is 3.20. The average molecular weight is 247 g/mol. The molecule has 0 aliphatic rings. The zero-order valence-corrected chi connectivity index (χ0v) is 10.7. The fraction of sp³-hybridized carbons (Fsp3) is 0. The van der Waals surface area contributed by atoms with Crippen LogP contribution in [-0.4, -0.2) is 0 Å². The first-order valence-electron chi connectivity index (χ1n) is 6.32. The van der Waals surface area contributed by atoms with E-state index in [9.17, 15) is 0 Å². The molecule has 2 aromatic rings. The molecule has 0 amide bonds. The molecule has 0 saturated heterocycles. The van der Waals surface area contributed by atoms with Crippen molar-refractivity contribution in [3.63, 3.8) is 0 Å². The first-order valence-corrected chi connectivity index (χ1v) is 6.32. The Bertz CT molecular complexity index is 551. The summed E-state index contributed by atoms with van der Waals surface area (Å²) in [5, 5.41) is 3.20. The smallest absolute Gasteiger partial charge is 0.0379 e. The van der Waals surface area contributed by atoms with Crippen molar-refractivity contribution in [2.45, 2.75) is 0 Å². The number of benzene rings is 2. The van der Waals surface area contributed by atoms with Crippen LogP contribution in [0.2, 0.25) is 0 Å². The Labute approximate surface area is 114 Å². The van der Waals surface area contributed by atoms with Gasteiger partial charge in [0.05, 0.1) is 0 Å². The number of rotatable bonds is 5. The summed E-state index contributed by atoms with van der Waals surface area (Å²) in [6.45, 7) is 0. The summed E-state index contributed by atoms with van der Waals surface area (Å²) in [5.41, 5.74) is 2.30. The number of para-hydroxylation sites is 1. The summed E-state index contributed by atoms with van der Waals surface area (Å²) >= 11 is 0. The molecule has 2 rings (SSSR count). The van der Waals surface area contributed by atoms with Crippen LogP contribution in [0.3, 0.4) is 0 Å². The molecular weight excluding hydrogens is 230 g/mol. The number of nitrogens with one attached hydrogen (secondary N) is 1. The van der Waals surface area contributed by atoms with Gasteiger partial charge in [-0.05, 0) is 23.8 Å². The van der Waals surface area contributed by atoms with Crippen molar-refractivity contribution < 1.29 is 0 Å². The third kappa shape index (κ3) is 5.09. The molecule has 19 heavy (non-hydrogen) atoms. The summed E-state index contributed by atoms with van der Waals surface area (Å²) in [6, 6.07) is 20.3. The second-order valence-electron chi connectivity index (χ2n) is 4.02. The second-order valence-corrected chi connectivity index (χ2v) is 4.02. The fourth-order valence-electron chi connectivity index (χ4n) is 1.59. The van der Waals surface area contributed by atoms with E-state index >= 15 is 0 Å². The maximum atomic E-state index is 3.20. The van der Waals surface area contributed by atoms with Crippen molar-refractivity contribution >= 4 is 11.8 Å². The van der Waals surface area contributed by atoms with Gasteiger partial charge in [0.25, 0.3) is 0 Å².